The summed E-state index contributed by atoms with van der Waals surface area (Å²) in [7, 11) is 0. The first-order valence-electron chi connectivity index (χ1n) is 22.9. The summed E-state index contributed by atoms with van der Waals surface area (Å²) in [6.45, 7) is 0. The molecule has 0 unspecified atom stereocenters. The fourth-order valence-electron chi connectivity index (χ4n) is 5.92. The predicted octanol–water partition coefficient (Wildman–Crippen LogP) is 12.5. The highest BCUT2D eigenvalue weighted by atomic mass is 32.1. The van der Waals surface area contributed by atoms with Gasteiger partial charge in [-0.25, -0.2) is 15.0 Å². The van der Waals surface area contributed by atoms with Crippen LogP contribution in [-0.2, 0) is 0 Å². The minimum atomic E-state index is -0.841. The maximum absolute atomic E-state index is 9.58. The molecule has 0 N–H and O–H groups in total. The van der Waals surface area contributed by atoms with Crippen LogP contribution in [-0.4, -0.2) is 15.0 Å². The van der Waals surface area contributed by atoms with E-state index in [0.29, 0.717) is 11.1 Å². The van der Waals surface area contributed by atoms with Gasteiger partial charge in [0.15, 0.2) is 17.5 Å². The Bertz CT molecular complexity index is 3710. The molecule has 10 rings (SSSR count). The number of rotatable bonds is 5. The van der Waals surface area contributed by atoms with E-state index in [9.17, 15) is 5.48 Å². The van der Waals surface area contributed by atoms with Gasteiger partial charge >= 0.3 is 0 Å². The summed E-state index contributed by atoms with van der Waals surface area (Å²) in [6, 6.07) is 11.8. The molecule has 0 fully saturated rings. The third kappa shape index (κ3) is 4.79. The number of nitrogens with zero attached hydrogens (tertiary/aromatic N) is 3. The van der Waals surface area contributed by atoms with Crippen molar-refractivity contribution in [3.8, 4) is 56.4 Å². The molecule has 0 radical (unpaired) electrons. The average molecular weight is 673 g/mol. The Morgan fingerprint density at radius 1 is 0.460 bits per heavy atom. The number of furan rings is 1. The number of hydrogen-bond donors (Lipinski definition) is 0. The lowest BCUT2D eigenvalue weighted by molar-refractivity contribution is 0.670. The number of aromatic nitrogens is 3. The zero-order valence-corrected chi connectivity index (χ0v) is 26.4. The Labute approximate surface area is 313 Å². The lowest BCUT2D eigenvalue weighted by Crippen LogP contribution is -2.00. The van der Waals surface area contributed by atoms with E-state index >= 15 is 0 Å². The quantitative estimate of drug-likeness (QED) is 0.183. The van der Waals surface area contributed by atoms with E-state index in [-0.39, 0.29) is 39.4 Å². The first-order valence-corrected chi connectivity index (χ1v) is 16.2. The van der Waals surface area contributed by atoms with Crippen molar-refractivity contribution in [1.82, 2.24) is 15.0 Å². The van der Waals surface area contributed by atoms with E-state index in [2.05, 4.69) is 0 Å². The van der Waals surface area contributed by atoms with Crippen molar-refractivity contribution < 1.29 is 25.0 Å². The largest absolute Gasteiger partial charge is 0.455 e. The zero-order chi connectivity index (χ0) is 46.1. The first kappa shape index (κ1) is 17.3. The molecule has 5 heteroatoms. The van der Waals surface area contributed by atoms with E-state index in [0.717, 1.165) is 20.2 Å². The molecule has 50 heavy (non-hydrogen) atoms. The normalized spacial score (nSPS) is 15.8. The van der Waals surface area contributed by atoms with E-state index in [4.69, 9.17) is 34.4 Å². The van der Waals surface area contributed by atoms with Crippen LogP contribution in [0.25, 0.3) is 98.5 Å². The SMILES string of the molecule is [2H]c1c([2H])c([2H])c(-c2c([2H])c([2H])c([2H])c(-c3c([2H])c([2H])c([2H])c4c3oc3c([2H])c(-c5nc(-c6ccccc6)nc(-c6cccc7c6sc6ccccc67)n5)c([2H])c([2H])c34)c2[2H])c([2H])c1[2H]. The second-order valence-corrected chi connectivity index (χ2v) is 12.3. The second-order valence-electron chi connectivity index (χ2n) is 11.2. The fourth-order valence-corrected chi connectivity index (χ4v) is 7.13. The summed E-state index contributed by atoms with van der Waals surface area (Å²) < 4.78 is 141. The highest BCUT2D eigenvalue weighted by Gasteiger charge is 2.18. The molecule has 10 aromatic rings. The van der Waals surface area contributed by atoms with Crippen molar-refractivity contribution in [3.63, 3.8) is 0 Å². The first-order chi connectivity index (χ1) is 31.0. The van der Waals surface area contributed by atoms with Gasteiger partial charge < -0.3 is 4.42 Å². The van der Waals surface area contributed by atoms with Gasteiger partial charge in [0.2, 0.25) is 0 Å². The van der Waals surface area contributed by atoms with Gasteiger partial charge in [-0.3, -0.25) is 0 Å². The van der Waals surface area contributed by atoms with E-state index in [1.54, 1.807) is 35.6 Å². The standard InChI is InChI=1S/C45H27N3OS/c1-3-12-28(13-4-1)30-16-9-17-31(26-30)33-19-10-20-36-34-25-24-32(27-39(34)49-41(33)36)44-46-43(29-14-5-2-6-15-29)47-45(48-44)38-22-11-21-37-35-18-7-8-23-40(35)50-42(37)38/h1-27H/i1D,3D,4D,9D,10D,12D,13D,16D,17D,19D,20D,24D,25D,26D,27D. The number of benzene rings is 7. The van der Waals surface area contributed by atoms with E-state index in [1.807, 2.05) is 48.5 Å². The Hall–Kier alpha value is -6.43. The van der Waals surface area contributed by atoms with Crippen molar-refractivity contribution in [2.75, 3.05) is 0 Å². The predicted molar refractivity (Wildman–Crippen MR) is 207 cm³/mol. The maximum Gasteiger partial charge on any atom is 0.165 e. The Balaban J connectivity index is 1.27. The third-order valence-corrected chi connectivity index (χ3v) is 9.44. The van der Waals surface area contributed by atoms with Crippen molar-refractivity contribution in [2.24, 2.45) is 0 Å². The molecule has 0 bridgehead atoms. The molecule has 0 atom stereocenters. The molecular formula is C45H27N3OS. The van der Waals surface area contributed by atoms with Crippen LogP contribution in [0.2, 0.25) is 0 Å². The minimum Gasteiger partial charge on any atom is -0.455 e. The van der Waals surface area contributed by atoms with Gasteiger partial charge in [0.1, 0.15) is 11.2 Å². The number of fused-ring (bicyclic) bond motifs is 6. The smallest absolute Gasteiger partial charge is 0.165 e. The molecule has 3 aromatic heterocycles. The van der Waals surface area contributed by atoms with Crippen molar-refractivity contribution in [1.29, 1.82) is 0 Å². The summed E-state index contributed by atoms with van der Waals surface area (Å²) in [5.41, 5.74) is -2.14. The van der Waals surface area contributed by atoms with Gasteiger partial charge in [0, 0.05) is 53.2 Å². The van der Waals surface area contributed by atoms with Gasteiger partial charge in [-0.2, -0.15) is 0 Å². The molecule has 0 spiro atoms. The maximum atomic E-state index is 9.58. The number of thiophene rings is 1. The Kier molecular flexibility index (Phi) is 4.02. The molecule has 0 aliphatic heterocycles. The lowest BCUT2D eigenvalue weighted by Gasteiger charge is -2.09. The molecule has 0 aliphatic rings. The molecule has 4 nitrogen and oxygen atoms in total. The summed E-state index contributed by atoms with van der Waals surface area (Å²) in [5.74, 6) is 0.276. The molecular weight excluding hydrogens is 631 g/mol. The van der Waals surface area contributed by atoms with Gasteiger partial charge in [0.25, 0.3) is 0 Å². The third-order valence-electron chi connectivity index (χ3n) is 8.22. The monoisotopic (exact) mass is 672 g/mol. The van der Waals surface area contributed by atoms with E-state index in [1.165, 1.54) is 0 Å². The number of hydrogen-bond acceptors (Lipinski definition) is 5. The van der Waals surface area contributed by atoms with Crippen LogP contribution in [0.3, 0.4) is 0 Å². The topological polar surface area (TPSA) is 51.8 Å². The minimum absolute atomic E-state index is 0.151. The van der Waals surface area contributed by atoms with Crippen molar-refractivity contribution in [3.05, 3.63) is 163 Å². The molecule has 3 heterocycles. The second kappa shape index (κ2) is 11.6. The molecule has 0 saturated heterocycles. The fraction of sp³-hybridized carbons (Fsp3) is 0. The number of para-hydroxylation sites is 1. The van der Waals surface area contributed by atoms with Crippen LogP contribution in [0.1, 0.15) is 20.6 Å². The molecule has 0 amide bonds. The molecule has 0 saturated carbocycles. The summed E-state index contributed by atoms with van der Waals surface area (Å²) in [4.78, 5) is 14.4. The van der Waals surface area contributed by atoms with Crippen molar-refractivity contribution in [2.45, 2.75) is 0 Å². The van der Waals surface area contributed by atoms with Crippen LogP contribution >= 0.6 is 11.3 Å². The zero-order valence-electron chi connectivity index (χ0n) is 40.6. The van der Waals surface area contributed by atoms with Gasteiger partial charge in [-0.15, -0.1) is 11.3 Å². The van der Waals surface area contributed by atoms with Crippen LogP contribution in [0.15, 0.2) is 168 Å². The Morgan fingerprint density at radius 2 is 1.20 bits per heavy atom. The van der Waals surface area contributed by atoms with Crippen LogP contribution < -0.4 is 0 Å². The summed E-state index contributed by atoms with van der Waals surface area (Å²) in [5, 5.41) is 1.44. The highest BCUT2D eigenvalue weighted by Crippen LogP contribution is 2.41. The van der Waals surface area contributed by atoms with Crippen LogP contribution in [0.5, 0.6) is 0 Å². The van der Waals surface area contributed by atoms with Gasteiger partial charge in [-0.1, -0.05) is 133 Å². The molecule has 0 aliphatic carbocycles. The molecule has 7 aromatic carbocycles. The van der Waals surface area contributed by atoms with Gasteiger partial charge in [0.05, 0.1) is 20.6 Å². The van der Waals surface area contributed by atoms with Crippen LogP contribution in [0.4, 0.5) is 0 Å². The van der Waals surface area contributed by atoms with Gasteiger partial charge in [-0.05, 0) is 47.0 Å². The van der Waals surface area contributed by atoms with E-state index < -0.39 is 118 Å². The summed E-state index contributed by atoms with van der Waals surface area (Å²) >= 11 is 1.55. The molecule has 234 valence electrons. The van der Waals surface area contributed by atoms with Crippen LogP contribution in [0, 0.1) is 0 Å². The average Bonchev–Trinajstić information content (AvgIpc) is 3.90. The summed E-state index contributed by atoms with van der Waals surface area (Å²) in [6.07, 6.45) is 0. The lowest BCUT2D eigenvalue weighted by atomic mass is 9.97. The van der Waals surface area contributed by atoms with Crippen molar-refractivity contribution >= 4 is 53.4 Å². The highest BCUT2D eigenvalue weighted by molar-refractivity contribution is 7.26. The Morgan fingerprint density at radius 3 is 2.10 bits per heavy atom.